The maximum Gasteiger partial charge on any atom is 0.202 e. The third kappa shape index (κ3) is 3.43. The number of hydrogen-bond donors (Lipinski definition) is 0. The van der Waals surface area contributed by atoms with Crippen LogP contribution in [0.5, 0.6) is 0 Å². The van der Waals surface area contributed by atoms with E-state index in [9.17, 15) is 4.79 Å². The lowest BCUT2D eigenvalue weighted by Crippen LogP contribution is -2.21. The maximum absolute atomic E-state index is 12.0. The second-order valence-electron chi connectivity index (χ2n) is 6.26. The summed E-state index contributed by atoms with van der Waals surface area (Å²) in [6.07, 6.45) is 0.858. The lowest BCUT2D eigenvalue weighted by molar-refractivity contribution is -0.120. The highest BCUT2D eigenvalue weighted by Gasteiger charge is 2.23. The molecule has 0 aliphatic carbocycles. The smallest absolute Gasteiger partial charge is 0.202 e. The summed E-state index contributed by atoms with van der Waals surface area (Å²) >= 11 is 0. The molecule has 2 rings (SSSR count). The fourth-order valence-electron chi connectivity index (χ4n) is 1.88. The van der Waals surface area contributed by atoms with Crippen molar-refractivity contribution >= 4 is 16.9 Å². The summed E-state index contributed by atoms with van der Waals surface area (Å²) in [6, 6.07) is 7.58. The maximum atomic E-state index is 12.0. The summed E-state index contributed by atoms with van der Waals surface area (Å²) in [5.74, 6) is 1.06. The topological polar surface area (TPSA) is 43.1 Å². The van der Waals surface area contributed by atoms with Gasteiger partial charge in [-0.1, -0.05) is 39.8 Å². The predicted octanol–water partition coefficient (Wildman–Crippen LogP) is 4.01. The lowest BCUT2D eigenvalue weighted by atomic mass is 9.79. The number of carbonyl (C=O) groups is 1. The molecule has 1 heterocycles. The van der Waals surface area contributed by atoms with Crippen LogP contribution >= 0.6 is 0 Å². The van der Waals surface area contributed by atoms with Crippen LogP contribution in [0.3, 0.4) is 0 Å². The number of ketones is 1. The molecule has 0 aliphatic rings. The number of rotatable bonds is 4. The van der Waals surface area contributed by atoms with Crippen molar-refractivity contribution in [1.29, 1.82) is 0 Å². The van der Waals surface area contributed by atoms with Crippen LogP contribution in [0.25, 0.3) is 11.1 Å². The molecule has 2 aromatic rings. The summed E-state index contributed by atoms with van der Waals surface area (Å²) in [7, 11) is 0. The van der Waals surface area contributed by atoms with Gasteiger partial charge < -0.3 is 4.42 Å². The van der Waals surface area contributed by atoms with Gasteiger partial charge in [0.15, 0.2) is 5.58 Å². The van der Waals surface area contributed by atoms with Gasteiger partial charge in [-0.2, -0.15) is 0 Å². The highest BCUT2D eigenvalue weighted by Crippen LogP contribution is 2.28. The number of nitrogens with zero attached hydrogens (tertiary/aromatic N) is 1. The van der Waals surface area contributed by atoms with E-state index >= 15 is 0 Å². The van der Waals surface area contributed by atoms with Gasteiger partial charge in [0.2, 0.25) is 5.89 Å². The number of oxazole rings is 1. The Morgan fingerprint density at radius 2 is 2.00 bits per heavy atom. The molecule has 19 heavy (non-hydrogen) atoms. The normalized spacial score (nSPS) is 13.7. The number of carbonyl (C=O) groups excluding carboxylic acids is 1. The van der Waals surface area contributed by atoms with Crippen molar-refractivity contribution in [2.45, 2.75) is 40.5 Å². The summed E-state index contributed by atoms with van der Waals surface area (Å²) in [5, 5.41) is 0. The van der Waals surface area contributed by atoms with E-state index < -0.39 is 0 Å². The molecule has 1 aromatic carbocycles. The standard InChI is InChI=1S/C16H21NO2/c1-11(16(2,3)4)9-12(18)10-15-17-13-7-5-6-8-14(13)19-15/h5-8,11H,9-10H2,1-4H3. The molecule has 3 nitrogen and oxygen atoms in total. The second-order valence-corrected chi connectivity index (χ2v) is 6.26. The van der Waals surface area contributed by atoms with Crippen molar-refractivity contribution in [1.82, 2.24) is 4.98 Å². The molecule has 0 saturated carbocycles. The van der Waals surface area contributed by atoms with Gasteiger partial charge in [0, 0.05) is 6.42 Å². The van der Waals surface area contributed by atoms with Crippen molar-refractivity contribution in [3.05, 3.63) is 30.2 Å². The minimum absolute atomic E-state index is 0.150. The number of Topliss-reactive ketones (excluding diaryl/α,β-unsaturated/α-hetero) is 1. The number of hydrogen-bond acceptors (Lipinski definition) is 3. The SMILES string of the molecule is CC(CC(=O)Cc1nc2ccccc2o1)C(C)(C)C. The highest BCUT2D eigenvalue weighted by atomic mass is 16.3. The summed E-state index contributed by atoms with van der Waals surface area (Å²) in [5.41, 5.74) is 1.71. The van der Waals surface area contributed by atoms with Crippen LogP contribution in [-0.4, -0.2) is 10.8 Å². The van der Waals surface area contributed by atoms with Crippen LogP contribution in [0.15, 0.2) is 28.7 Å². The van der Waals surface area contributed by atoms with Crippen LogP contribution in [0.2, 0.25) is 0 Å². The molecule has 0 amide bonds. The molecular formula is C16H21NO2. The van der Waals surface area contributed by atoms with E-state index in [1.165, 1.54) is 0 Å². The lowest BCUT2D eigenvalue weighted by Gasteiger charge is -2.26. The third-order valence-corrected chi connectivity index (χ3v) is 3.70. The molecule has 1 atom stereocenters. The van der Waals surface area contributed by atoms with Crippen LogP contribution < -0.4 is 0 Å². The van der Waals surface area contributed by atoms with E-state index in [1.54, 1.807) is 0 Å². The van der Waals surface area contributed by atoms with Gasteiger partial charge >= 0.3 is 0 Å². The van der Waals surface area contributed by atoms with Gasteiger partial charge in [0.25, 0.3) is 0 Å². The number of para-hydroxylation sites is 2. The van der Waals surface area contributed by atoms with Gasteiger partial charge in [0.05, 0.1) is 6.42 Å². The molecular weight excluding hydrogens is 238 g/mol. The number of aromatic nitrogens is 1. The van der Waals surface area contributed by atoms with Gasteiger partial charge in [-0.3, -0.25) is 4.79 Å². The van der Waals surface area contributed by atoms with Crippen LogP contribution in [-0.2, 0) is 11.2 Å². The van der Waals surface area contributed by atoms with Crippen molar-refractivity contribution < 1.29 is 9.21 Å². The number of benzene rings is 1. The molecule has 0 bridgehead atoms. The Balaban J connectivity index is 2.03. The molecule has 0 saturated heterocycles. The predicted molar refractivity (Wildman–Crippen MR) is 76.0 cm³/mol. The molecule has 0 aliphatic heterocycles. The van der Waals surface area contributed by atoms with Gasteiger partial charge in [-0.15, -0.1) is 0 Å². The molecule has 0 N–H and O–H groups in total. The molecule has 3 heteroatoms. The second kappa shape index (κ2) is 5.16. The average Bonchev–Trinajstić information content (AvgIpc) is 2.69. The van der Waals surface area contributed by atoms with Crippen LogP contribution in [0, 0.1) is 11.3 Å². The largest absolute Gasteiger partial charge is 0.440 e. The van der Waals surface area contributed by atoms with Crippen molar-refractivity contribution in [2.24, 2.45) is 11.3 Å². The molecule has 0 fully saturated rings. The van der Waals surface area contributed by atoms with Gasteiger partial charge in [-0.25, -0.2) is 4.98 Å². The van der Waals surface area contributed by atoms with E-state index in [4.69, 9.17) is 4.42 Å². The quantitative estimate of drug-likeness (QED) is 0.833. The van der Waals surface area contributed by atoms with Crippen molar-refractivity contribution in [2.75, 3.05) is 0 Å². The van der Waals surface area contributed by atoms with Gasteiger partial charge in [-0.05, 0) is 23.5 Å². The molecule has 0 radical (unpaired) electrons. The Bertz CT molecular complexity index is 545. The van der Waals surface area contributed by atoms with E-state index in [0.717, 1.165) is 11.1 Å². The Kier molecular flexibility index (Phi) is 3.74. The van der Waals surface area contributed by atoms with Crippen LogP contribution in [0.4, 0.5) is 0 Å². The first-order valence-electron chi connectivity index (χ1n) is 6.72. The summed E-state index contributed by atoms with van der Waals surface area (Å²) in [6.45, 7) is 8.59. The van der Waals surface area contributed by atoms with Crippen LogP contribution in [0.1, 0.15) is 40.0 Å². The Morgan fingerprint density at radius 3 is 2.63 bits per heavy atom. The van der Waals surface area contributed by atoms with E-state index in [2.05, 4.69) is 32.7 Å². The molecule has 0 spiro atoms. The zero-order valence-electron chi connectivity index (χ0n) is 12.1. The number of fused-ring (bicyclic) bond motifs is 1. The van der Waals surface area contributed by atoms with E-state index in [0.29, 0.717) is 18.2 Å². The summed E-state index contributed by atoms with van der Waals surface area (Å²) in [4.78, 5) is 16.4. The minimum Gasteiger partial charge on any atom is -0.440 e. The Morgan fingerprint density at radius 1 is 1.32 bits per heavy atom. The first-order valence-corrected chi connectivity index (χ1v) is 6.72. The van der Waals surface area contributed by atoms with E-state index in [1.807, 2.05) is 24.3 Å². The molecule has 102 valence electrons. The monoisotopic (exact) mass is 259 g/mol. The first kappa shape index (κ1) is 13.8. The van der Waals surface area contributed by atoms with E-state index in [-0.39, 0.29) is 17.6 Å². The molecule has 1 aromatic heterocycles. The molecule has 1 unspecified atom stereocenters. The van der Waals surface area contributed by atoms with Crippen molar-refractivity contribution in [3.8, 4) is 0 Å². The fraction of sp³-hybridized carbons (Fsp3) is 0.500. The average molecular weight is 259 g/mol. The fourth-order valence-corrected chi connectivity index (χ4v) is 1.88. The van der Waals surface area contributed by atoms with Crippen molar-refractivity contribution in [3.63, 3.8) is 0 Å². The first-order chi connectivity index (χ1) is 8.86. The summed E-state index contributed by atoms with van der Waals surface area (Å²) < 4.78 is 5.57. The van der Waals surface area contributed by atoms with Gasteiger partial charge in [0.1, 0.15) is 11.3 Å². The zero-order chi connectivity index (χ0) is 14.0. The zero-order valence-corrected chi connectivity index (χ0v) is 12.1. The highest BCUT2D eigenvalue weighted by molar-refractivity contribution is 5.81. The minimum atomic E-state index is 0.150. The Hall–Kier alpha value is -1.64. The Labute approximate surface area is 114 Å². The third-order valence-electron chi connectivity index (χ3n) is 3.70.